The Labute approximate surface area is 93.2 Å². The SMILES string of the molecule is CCN1CCC(O[C@H]2C[C@H](NC)C2)CC1. The Kier molecular flexibility index (Phi) is 4.00. The Morgan fingerprint density at radius 3 is 2.40 bits per heavy atom. The molecule has 1 saturated carbocycles. The number of hydrogen-bond donors (Lipinski definition) is 1. The summed E-state index contributed by atoms with van der Waals surface area (Å²) in [5.41, 5.74) is 0. The molecule has 88 valence electrons. The van der Waals surface area contributed by atoms with Gasteiger partial charge in [0.05, 0.1) is 12.2 Å². The van der Waals surface area contributed by atoms with Crippen LogP contribution in [0.5, 0.6) is 0 Å². The van der Waals surface area contributed by atoms with E-state index in [-0.39, 0.29) is 0 Å². The summed E-state index contributed by atoms with van der Waals surface area (Å²) in [7, 11) is 2.04. The van der Waals surface area contributed by atoms with Gasteiger partial charge in [-0.05, 0) is 39.3 Å². The van der Waals surface area contributed by atoms with Gasteiger partial charge in [-0.25, -0.2) is 0 Å². The first-order valence-electron chi connectivity index (χ1n) is 6.37. The maximum absolute atomic E-state index is 6.09. The van der Waals surface area contributed by atoms with Crippen molar-refractivity contribution < 1.29 is 4.74 Å². The molecular weight excluding hydrogens is 188 g/mol. The molecule has 2 rings (SSSR count). The first-order valence-corrected chi connectivity index (χ1v) is 6.37. The maximum atomic E-state index is 6.09. The molecule has 2 aliphatic rings. The topological polar surface area (TPSA) is 24.5 Å². The van der Waals surface area contributed by atoms with Crippen LogP contribution in [0.1, 0.15) is 32.6 Å². The molecule has 1 heterocycles. The van der Waals surface area contributed by atoms with Gasteiger partial charge in [0.1, 0.15) is 0 Å². The van der Waals surface area contributed by atoms with Crippen LogP contribution in [0, 0.1) is 0 Å². The third-order valence-electron chi connectivity index (χ3n) is 3.87. The first-order chi connectivity index (χ1) is 7.31. The lowest BCUT2D eigenvalue weighted by Crippen LogP contribution is -2.47. The summed E-state index contributed by atoms with van der Waals surface area (Å²) in [6.07, 6.45) is 5.97. The lowest BCUT2D eigenvalue weighted by atomic mass is 9.89. The van der Waals surface area contributed by atoms with Gasteiger partial charge in [-0.2, -0.15) is 0 Å². The van der Waals surface area contributed by atoms with E-state index in [9.17, 15) is 0 Å². The summed E-state index contributed by atoms with van der Waals surface area (Å²) in [6, 6.07) is 0.714. The second kappa shape index (κ2) is 5.28. The minimum atomic E-state index is 0.538. The number of ether oxygens (including phenoxy) is 1. The predicted octanol–water partition coefficient (Wildman–Crippen LogP) is 1.24. The number of likely N-dealkylation sites (tertiary alicyclic amines) is 1. The summed E-state index contributed by atoms with van der Waals surface area (Å²) in [6.45, 7) is 5.88. The van der Waals surface area contributed by atoms with Gasteiger partial charge in [-0.1, -0.05) is 6.92 Å². The van der Waals surface area contributed by atoms with Gasteiger partial charge in [-0.3, -0.25) is 0 Å². The van der Waals surface area contributed by atoms with Crippen molar-refractivity contribution >= 4 is 0 Å². The van der Waals surface area contributed by atoms with Crippen molar-refractivity contribution in [1.82, 2.24) is 10.2 Å². The Hall–Kier alpha value is -0.120. The zero-order chi connectivity index (χ0) is 10.7. The van der Waals surface area contributed by atoms with Gasteiger partial charge in [0.25, 0.3) is 0 Å². The van der Waals surface area contributed by atoms with Gasteiger partial charge < -0.3 is 15.0 Å². The molecule has 0 radical (unpaired) electrons. The Balaban J connectivity index is 1.61. The molecule has 0 amide bonds. The monoisotopic (exact) mass is 212 g/mol. The second-order valence-electron chi connectivity index (χ2n) is 4.85. The second-order valence-corrected chi connectivity index (χ2v) is 4.85. The van der Waals surface area contributed by atoms with E-state index in [2.05, 4.69) is 17.1 Å². The average molecular weight is 212 g/mol. The molecule has 0 aromatic heterocycles. The lowest BCUT2D eigenvalue weighted by Gasteiger charge is -2.39. The van der Waals surface area contributed by atoms with Crippen LogP contribution < -0.4 is 5.32 Å². The molecule has 15 heavy (non-hydrogen) atoms. The quantitative estimate of drug-likeness (QED) is 0.759. The van der Waals surface area contributed by atoms with Crippen molar-refractivity contribution in [1.29, 1.82) is 0 Å². The summed E-state index contributed by atoms with van der Waals surface area (Å²) in [4.78, 5) is 2.51. The van der Waals surface area contributed by atoms with Gasteiger partial charge in [0.2, 0.25) is 0 Å². The molecule has 2 fully saturated rings. The highest BCUT2D eigenvalue weighted by Crippen LogP contribution is 2.26. The van der Waals surface area contributed by atoms with Crippen molar-refractivity contribution in [2.24, 2.45) is 0 Å². The van der Waals surface area contributed by atoms with Crippen molar-refractivity contribution in [3.05, 3.63) is 0 Å². The molecular formula is C12H24N2O. The van der Waals surface area contributed by atoms with E-state index < -0.39 is 0 Å². The molecule has 1 aliphatic carbocycles. The normalized spacial score (nSPS) is 34.0. The van der Waals surface area contributed by atoms with Gasteiger partial charge in [-0.15, -0.1) is 0 Å². The molecule has 3 nitrogen and oxygen atoms in total. The lowest BCUT2D eigenvalue weighted by molar-refractivity contribution is -0.0829. The van der Waals surface area contributed by atoms with Crippen molar-refractivity contribution in [3.8, 4) is 0 Å². The van der Waals surface area contributed by atoms with Crippen LogP contribution in [-0.2, 0) is 4.74 Å². The number of nitrogens with one attached hydrogen (secondary N) is 1. The van der Waals surface area contributed by atoms with E-state index in [0.29, 0.717) is 18.2 Å². The number of hydrogen-bond acceptors (Lipinski definition) is 3. The highest BCUT2D eigenvalue weighted by Gasteiger charge is 2.31. The van der Waals surface area contributed by atoms with Gasteiger partial charge >= 0.3 is 0 Å². The summed E-state index contributed by atoms with van der Waals surface area (Å²) < 4.78 is 6.09. The van der Waals surface area contributed by atoms with Crippen molar-refractivity contribution in [3.63, 3.8) is 0 Å². The Bertz CT molecular complexity index is 184. The Morgan fingerprint density at radius 2 is 1.87 bits per heavy atom. The average Bonchev–Trinajstić information content (AvgIpc) is 2.23. The molecule has 1 N–H and O–H groups in total. The summed E-state index contributed by atoms with van der Waals surface area (Å²) >= 11 is 0. The predicted molar refractivity (Wildman–Crippen MR) is 62.1 cm³/mol. The number of rotatable bonds is 4. The van der Waals surface area contributed by atoms with E-state index in [1.807, 2.05) is 7.05 Å². The summed E-state index contributed by atoms with van der Waals surface area (Å²) in [5.74, 6) is 0. The van der Waals surface area contributed by atoms with Crippen LogP contribution in [0.25, 0.3) is 0 Å². The first kappa shape index (κ1) is 11.4. The van der Waals surface area contributed by atoms with Crippen molar-refractivity contribution in [2.75, 3.05) is 26.7 Å². The Morgan fingerprint density at radius 1 is 1.20 bits per heavy atom. The summed E-state index contributed by atoms with van der Waals surface area (Å²) in [5, 5.41) is 3.30. The highest BCUT2D eigenvalue weighted by molar-refractivity contribution is 4.86. The molecule has 3 heteroatoms. The smallest absolute Gasteiger partial charge is 0.0608 e. The number of nitrogens with zero attached hydrogens (tertiary/aromatic N) is 1. The van der Waals surface area contributed by atoms with Crippen LogP contribution in [0.4, 0.5) is 0 Å². The third kappa shape index (κ3) is 2.92. The molecule has 0 atom stereocenters. The largest absolute Gasteiger partial charge is 0.375 e. The molecule has 0 aromatic carbocycles. The van der Waals surface area contributed by atoms with E-state index in [1.165, 1.54) is 45.3 Å². The van der Waals surface area contributed by atoms with E-state index >= 15 is 0 Å². The molecule has 1 aliphatic heterocycles. The third-order valence-corrected chi connectivity index (χ3v) is 3.87. The fraction of sp³-hybridized carbons (Fsp3) is 1.00. The molecule has 0 spiro atoms. The number of piperidine rings is 1. The fourth-order valence-corrected chi connectivity index (χ4v) is 2.55. The van der Waals surface area contributed by atoms with E-state index in [4.69, 9.17) is 4.74 Å². The van der Waals surface area contributed by atoms with Crippen molar-refractivity contribution in [2.45, 2.75) is 50.9 Å². The zero-order valence-corrected chi connectivity index (χ0v) is 10.0. The van der Waals surface area contributed by atoms with Gasteiger partial charge in [0.15, 0.2) is 0 Å². The van der Waals surface area contributed by atoms with Crippen LogP contribution in [0.3, 0.4) is 0 Å². The zero-order valence-electron chi connectivity index (χ0n) is 10.0. The molecule has 0 unspecified atom stereocenters. The minimum absolute atomic E-state index is 0.538. The van der Waals surface area contributed by atoms with Crippen LogP contribution in [-0.4, -0.2) is 49.8 Å². The van der Waals surface area contributed by atoms with Crippen LogP contribution in [0.15, 0.2) is 0 Å². The van der Waals surface area contributed by atoms with E-state index in [0.717, 1.165) is 0 Å². The standard InChI is InChI=1S/C12H24N2O/c1-3-14-6-4-11(5-7-14)15-12-8-10(9-12)13-2/h10-13H,3-9H2,1-2H3/t10-,12-. The van der Waals surface area contributed by atoms with E-state index in [1.54, 1.807) is 0 Å². The maximum Gasteiger partial charge on any atom is 0.0608 e. The molecule has 1 saturated heterocycles. The minimum Gasteiger partial charge on any atom is -0.375 e. The van der Waals surface area contributed by atoms with Gasteiger partial charge in [0, 0.05) is 19.1 Å². The molecule has 0 bridgehead atoms. The van der Waals surface area contributed by atoms with Crippen LogP contribution in [0.2, 0.25) is 0 Å². The highest BCUT2D eigenvalue weighted by atomic mass is 16.5. The van der Waals surface area contributed by atoms with Crippen LogP contribution >= 0.6 is 0 Å². The fourth-order valence-electron chi connectivity index (χ4n) is 2.55. The molecule has 0 aromatic rings.